The van der Waals surface area contributed by atoms with Crippen molar-refractivity contribution in [3.8, 4) is 0 Å². The van der Waals surface area contributed by atoms with Crippen LogP contribution in [0.2, 0.25) is 0 Å². The summed E-state index contributed by atoms with van der Waals surface area (Å²) < 4.78 is 27.0. The van der Waals surface area contributed by atoms with Crippen LogP contribution >= 0.6 is 0 Å². The number of sulfonamides is 1. The molecule has 26 heavy (non-hydrogen) atoms. The summed E-state index contributed by atoms with van der Waals surface area (Å²) in [6.07, 6.45) is 6.25. The number of carbonyl (C=O) groups is 1. The minimum Gasteiger partial charge on any atom is -0.352 e. The molecule has 1 aromatic rings. The van der Waals surface area contributed by atoms with Crippen LogP contribution in [-0.2, 0) is 10.0 Å². The Labute approximate surface area is 158 Å². The summed E-state index contributed by atoms with van der Waals surface area (Å²) in [6, 6.07) is 4.87. The summed E-state index contributed by atoms with van der Waals surface area (Å²) in [5.74, 6) is 0.284. The second-order valence-corrected chi connectivity index (χ2v) is 9.15. The van der Waals surface area contributed by atoms with Gasteiger partial charge >= 0.3 is 0 Å². The van der Waals surface area contributed by atoms with Crippen LogP contribution in [0.5, 0.6) is 0 Å². The number of nitrogens with one attached hydrogen (secondary N) is 1. The minimum atomic E-state index is -3.51. The molecule has 1 fully saturated rings. The minimum absolute atomic E-state index is 0.184. The zero-order valence-electron chi connectivity index (χ0n) is 16.3. The summed E-state index contributed by atoms with van der Waals surface area (Å²) in [5.41, 5.74) is 1.25. The maximum atomic E-state index is 12.7. The Bertz CT molecular complexity index is 710. The SMILES string of the molecule is CCCCC(CC)CNC(=O)c1cc(S(=O)(=O)N2CCCC2)ccc1C. The van der Waals surface area contributed by atoms with E-state index < -0.39 is 10.0 Å². The van der Waals surface area contributed by atoms with Crippen LogP contribution in [0.25, 0.3) is 0 Å². The Morgan fingerprint density at radius 3 is 2.54 bits per heavy atom. The second-order valence-electron chi connectivity index (χ2n) is 7.21. The summed E-state index contributed by atoms with van der Waals surface area (Å²) in [6.45, 7) is 7.91. The van der Waals surface area contributed by atoms with Gasteiger partial charge in [-0.15, -0.1) is 0 Å². The molecule has 0 saturated carbocycles. The highest BCUT2D eigenvalue weighted by Crippen LogP contribution is 2.23. The lowest BCUT2D eigenvalue weighted by Crippen LogP contribution is -2.31. The van der Waals surface area contributed by atoms with Crippen LogP contribution < -0.4 is 5.32 Å². The molecule has 0 radical (unpaired) electrons. The number of rotatable bonds is 9. The van der Waals surface area contributed by atoms with Crippen molar-refractivity contribution >= 4 is 15.9 Å². The monoisotopic (exact) mass is 380 g/mol. The van der Waals surface area contributed by atoms with Crippen molar-refractivity contribution < 1.29 is 13.2 Å². The van der Waals surface area contributed by atoms with Gasteiger partial charge in [0, 0.05) is 25.2 Å². The summed E-state index contributed by atoms with van der Waals surface area (Å²) >= 11 is 0. The van der Waals surface area contributed by atoms with Crippen molar-refractivity contribution in [1.82, 2.24) is 9.62 Å². The van der Waals surface area contributed by atoms with Crippen LogP contribution in [0.1, 0.15) is 68.3 Å². The number of nitrogens with zero attached hydrogens (tertiary/aromatic N) is 1. The van der Waals surface area contributed by atoms with E-state index in [0.29, 0.717) is 31.1 Å². The molecule has 1 heterocycles. The lowest BCUT2D eigenvalue weighted by molar-refractivity contribution is 0.0945. The molecule has 2 rings (SSSR count). The molecule has 1 aliphatic heterocycles. The number of amides is 1. The molecule has 1 amide bonds. The molecule has 0 bridgehead atoms. The van der Waals surface area contributed by atoms with E-state index in [1.165, 1.54) is 10.4 Å². The van der Waals surface area contributed by atoms with Gasteiger partial charge in [0.1, 0.15) is 0 Å². The average molecular weight is 381 g/mol. The van der Waals surface area contributed by atoms with Crippen LogP contribution in [0.3, 0.4) is 0 Å². The first-order chi connectivity index (χ1) is 12.4. The molecule has 146 valence electrons. The molecule has 1 N–H and O–H groups in total. The topological polar surface area (TPSA) is 66.5 Å². The maximum Gasteiger partial charge on any atom is 0.251 e. The number of aryl methyl sites for hydroxylation is 1. The summed E-state index contributed by atoms with van der Waals surface area (Å²) in [4.78, 5) is 12.9. The predicted octanol–water partition coefficient (Wildman–Crippen LogP) is 3.73. The third kappa shape index (κ3) is 5.07. The molecular weight excluding hydrogens is 348 g/mol. The van der Waals surface area contributed by atoms with Crippen molar-refractivity contribution in [2.75, 3.05) is 19.6 Å². The summed E-state index contributed by atoms with van der Waals surface area (Å²) in [5, 5.41) is 3.00. The van der Waals surface area contributed by atoms with Gasteiger partial charge in [-0.05, 0) is 49.8 Å². The molecule has 1 atom stereocenters. The van der Waals surface area contributed by atoms with Crippen LogP contribution in [0, 0.1) is 12.8 Å². The van der Waals surface area contributed by atoms with E-state index in [0.717, 1.165) is 44.1 Å². The Kier molecular flexibility index (Phi) is 7.65. The fraction of sp³-hybridized carbons (Fsp3) is 0.650. The zero-order chi connectivity index (χ0) is 19.2. The van der Waals surface area contributed by atoms with E-state index in [1.807, 2.05) is 6.92 Å². The maximum absolute atomic E-state index is 12.7. The predicted molar refractivity (Wildman–Crippen MR) is 105 cm³/mol. The number of hydrogen-bond acceptors (Lipinski definition) is 3. The Hall–Kier alpha value is -1.40. The largest absolute Gasteiger partial charge is 0.352 e. The first-order valence-corrected chi connectivity index (χ1v) is 11.2. The first-order valence-electron chi connectivity index (χ1n) is 9.79. The van der Waals surface area contributed by atoms with E-state index in [2.05, 4.69) is 19.2 Å². The highest BCUT2D eigenvalue weighted by Gasteiger charge is 2.28. The lowest BCUT2D eigenvalue weighted by atomic mass is 9.99. The number of unbranched alkanes of at least 4 members (excludes halogenated alkanes) is 1. The van der Waals surface area contributed by atoms with Crippen molar-refractivity contribution in [2.24, 2.45) is 5.92 Å². The standard InChI is InChI=1S/C20H32N2O3S/c1-4-6-9-17(5-2)15-21-20(23)19-14-18(11-10-16(19)3)26(24,25)22-12-7-8-13-22/h10-11,14,17H,4-9,12-13,15H2,1-3H3,(H,21,23). The van der Waals surface area contributed by atoms with Crippen molar-refractivity contribution in [3.05, 3.63) is 29.3 Å². The zero-order valence-corrected chi connectivity index (χ0v) is 17.1. The van der Waals surface area contributed by atoms with Crippen molar-refractivity contribution in [2.45, 2.75) is 64.2 Å². The quantitative estimate of drug-likeness (QED) is 0.710. The van der Waals surface area contributed by atoms with Gasteiger partial charge < -0.3 is 5.32 Å². The van der Waals surface area contributed by atoms with Crippen LogP contribution in [0.15, 0.2) is 23.1 Å². The Morgan fingerprint density at radius 2 is 1.92 bits per heavy atom. The van der Waals surface area contributed by atoms with E-state index in [-0.39, 0.29) is 10.8 Å². The van der Waals surface area contributed by atoms with Crippen molar-refractivity contribution in [1.29, 1.82) is 0 Å². The highest BCUT2D eigenvalue weighted by molar-refractivity contribution is 7.89. The van der Waals surface area contributed by atoms with Gasteiger partial charge in [-0.2, -0.15) is 4.31 Å². The molecular formula is C20H32N2O3S. The van der Waals surface area contributed by atoms with Gasteiger partial charge in [0.2, 0.25) is 10.0 Å². The smallest absolute Gasteiger partial charge is 0.251 e. The molecule has 5 nitrogen and oxygen atoms in total. The number of carbonyl (C=O) groups excluding carboxylic acids is 1. The molecule has 0 aliphatic carbocycles. The first kappa shape index (κ1) is 20.9. The number of benzene rings is 1. The fourth-order valence-electron chi connectivity index (χ4n) is 3.36. The van der Waals surface area contributed by atoms with Crippen LogP contribution in [0.4, 0.5) is 0 Å². The van der Waals surface area contributed by atoms with Gasteiger partial charge in [0.15, 0.2) is 0 Å². The third-order valence-corrected chi connectivity index (χ3v) is 7.15. The third-order valence-electron chi connectivity index (χ3n) is 5.25. The number of hydrogen-bond donors (Lipinski definition) is 1. The molecule has 1 saturated heterocycles. The molecule has 0 spiro atoms. The van der Waals surface area contributed by atoms with Crippen molar-refractivity contribution in [3.63, 3.8) is 0 Å². The van der Waals surface area contributed by atoms with Crippen LogP contribution in [-0.4, -0.2) is 38.3 Å². The van der Waals surface area contributed by atoms with E-state index in [1.54, 1.807) is 12.1 Å². The van der Waals surface area contributed by atoms with E-state index >= 15 is 0 Å². The van der Waals surface area contributed by atoms with Gasteiger partial charge in [0.25, 0.3) is 5.91 Å². The van der Waals surface area contributed by atoms with E-state index in [9.17, 15) is 13.2 Å². The lowest BCUT2D eigenvalue weighted by Gasteiger charge is -2.18. The highest BCUT2D eigenvalue weighted by atomic mass is 32.2. The fourth-order valence-corrected chi connectivity index (χ4v) is 4.90. The normalized spacial score (nSPS) is 16.6. The van der Waals surface area contributed by atoms with Gasteiger partial charge in [-0.3, -0.25) is 4.79 Å². The molecule has 1 unspecified atom stereocenters. The van der Waals surface area contributed by atoms with Gasteiger partial charge in [-0.25, -0.2) is 8.42 Å². The Morgan fingerprint density at radius 1 is 1.23 bits per heavy atom. The van der Waals surface area contributed by atoms with Gasteiger partial charge in [0.05, 0.1) is 4.90 Å². The molecule has 6 heteroatoms. The van der Waals surface area contributed by atoms with Gasteiger partial charge in [-0.1, -0.05) is 39.2 Å². The summed E-state index contributed by atoms with van der Waals surface area (Å²) in [7, 11) is -3.51. The molecule has 0 aromatic heterocycles. The second kappa shape index (κ2) is 9.51. The van der Waals surface area contributed by atoms with E-state index in [4.69, 9.17) is 0 Å². The molecule has 1 aliphatic rings. The average Bonchev–Trinajstić information content (AvgIpc) is 3.17. The Balaban J connectivity index is 2.12. The molecule has 1 aromatic carbocycles.